The molecule has 0 aliphatic carbocycles. The number of rotatable bonds is 10. The summed E-state index contributed by atoms with van der Waals surface area (Å²) in [6.45, 7) is 6.61. The fourth-order valence-electron chi connectivity index (χ4n) is 3.26. The van der Waals surface area contributed by atoms with Crippen molar-refractivity contribution in [2.45, 2.75) is 26.3 Å². The van der Waals surface area contributed by atoms with E-state index in [0.717, 1.165) is 34.4 Å². The molecule has 3 rings (SSSR count). The molecule has 166 valence electrons. The maximum absolute atomic E-state index is 12.6. The monoisotopic (exact) mass is 432 g/mol. The fourth-order valence-corrected chi connectivity index (χ4v) is 3.26. The summed E-state index contributed by atoms with van der Waals surface area (Å²) in [7, 11) is 1.61. The third-order valence-corrected chi connectivity index (χ3v) is 5.01. The molecule has 0 aliphatic rings. The maximum Gasteiger partial charge on any atom is 0.255 e. The van der Waals surface area contributed by atoms with Gasteiger partial charge in [-0.15, -0.1) is 6.58 Å². The molecule has 0 fully saturated rings. The highest BCUT2D eigenvalue weighted by Crippen LogP contribution is 2.28. The first-order valence-corrected chi connectivity index (χ1v) is 10.5. The second-order valence-electron chi connectivity index (χ2n) is 7.59. The number of carbonyl (C=O) groups is 2. The zero-order valence-corrected chi connectivity index (χ0v) is 18.4. The normalized spacial score (nSPS) is 10.4. The molecule has 32 heavy (non-hydrogen) atoms. The van der Waals surface area contributed by atoms with E-state index >= 15 is 0 Å². The van der Waals surface area contributed by atoms with Crippen LogP contribution in [0.1, 0.15) is 34.8 Å². The molecule has 0 atom stereocenters. The number of hydrogen-bond acceptors (Lipinski definition) is 4. The Balaban J connectivity index is 1.67. The Hall–Kier alpha value is -3.80. The van der Waals surface area contributed by atoms with E-state index in [1.54, 1.807) is 13.2 Å². The van der Waals surface area contributed by atoms with Gasteiger partial charge < -0.3 is 19.8 Å². The van der Waals surface area contributed by atoms with Crippen LogP contribution in [0.25, 0.3) is 11.3 Å². The molecular weight excluding hydrogens is 404 g/mol. The molecule has 2 aromatic carbocycles. The lowest BCUT2D eigenvalue weighted by atomic mass is 10.0. The highest BCUT2D eigenvalue weighted by Gasteiger charge is 2.18. The van der Waals surface area contributed by atoms with Gasteiger partial charge >= 0.3 is 0 Å². The van der Waals surface area contributed by atoms with E-state index < -0.39 is 0 Å². The van der Waals surface area contributed by atoms with Crippen molar-refractivity contribution in [3.8, 4) is 17.1 Å². The second kappa shape index (κ2) is 11.0. The average molecular weight is 433 g/mol. The van der Waals surface area contributed by atoms with Crippen LogP contribution in [0.5, 0.6) is 5.75 Å². The van der Waals surface area contributed by atoms with Gasteiger partial charge in [-0.1, -0.05) is 42.0 Å². The van der Waals surface area contributed by atoms with Crippen molar-refractivity contribution in [2.24, 2.45) is 0 Å². The molecule has 0 unspecified atom stereocenters. The first-order valence-electron chi connectivity index (χ1n) is 10.5. The summed E-state index contributed by atoms with van der Waals surface area (Å²) in [4.78, 5) is 25.1. The Kier molecular flexibility index (Phi) is 7.86. The number of hydrogen-bond donors (Lipinski definition) is 2. The SMILES string of the molecule is C=C(C)CCNC(=O)c1ccoc1-c1ccccc1CNC(=O)Cc1ccc(OC)cc1. The number of amides is 2. The van der Waals surface area contributed by atoms with Crippen LogP contribution in [0, 0.1) is 0 Å². The molecule has 0 saturated carbocycles. The summed E-state index contributed by atoms with van der Waals surface area (Å²) in [6, 6.07) is 16.6. The topological polar surface area (TPSA) is 80.6 Å². The van der Waals surface area contributed by atoms with Gasteiger partial charge in [0.15, 0.2) is 0 Å². The molecule has 0 bridgehead atoms. The Bertz CT molecular complexity index is 1080. The van der Waals surface area contributed by atoms with E-state index in [2.05, 4.69) is 17.2 Å². The number of ether oxygens (including phenoxy) is 1. The molecule has 1 heterocycles. The van der Waals surface area contributed by atoms with E-state index in [4.69, 9.17) is 9.15 Å². The molecule has 6 nitrogen and oxygen atoms in total. The summed E-state index contributed by atoms with van der Waals surface area (Å²) in [5, 5.41) is 5.84. The van der Waals surface area contributed by atoms with Crippen molar-refractivity contribution in [3.63, 3.8) is 0 Å². The van der Waals surface area contributed by atoms with Gasteiger partial charge in [0, 0.05) is 18.7 Å². The van der Waals surface area contributed by atoms with Crippen molar-refractivity contribution in [3.05, 3.63) is 89.7 Å². The van der Waals surface area contributed by atoms with Crippen molar-refractivity contribution in [1.82, 2.24) is 10.6 Å². The van der Waals surface area contributed by atoms with Gasteiger partial charge in [-0.25, -0.2) is 0 Å². The maximum atomic E-state index is 12.6. The third-order valence-electron chi connectivity index (χ3n) is 5.01. The quantitative estimate of drug-likeness (QED) is 0.462. The highest BCUT2D eigenvalue weighted by atomic mass is 16.5. The number of benzene rings is 2. The van der Waals surface area contributed by atoms with Gasteiger partial charge in [0.25, 0.3) is 5.91 Å². The van der Waals surface area contributed by atoms with Gasteiger partial charge in [0.05, 0.1) is 25.4 Å². The molecule has 0 spiro atoms. The third kappa shape index (κ3) is 6.11. The molecule has 6 heteroatoms. The summed E-state index contributed by atoms with van der Waals surface area (Å²) in [6.07, 6.45) is 2.49. The molecule has 0 aliphatic heterocycles. The van der Waals surface area contributed by atoms with Crippen LogP contribution in [-0.4, -0.2) is 25.5 Å². The molecule has 2 amide bonds. The predicted octanol–water partition coefficient (Wildman–Crippen LogP) is 4.51. The second-order valence-corrected chi connectivity index (χ2v) is 7.59. The standard InChI is InChI=1S/C26H28N2O4/c1-18(2)12-14-27-26(30)23-13-15-32-25(23)22-7-5-4-6-20(22)17-28-24(29)16-19-8-10-21(31-3)11-9-19/h4-11,13,15H,1,12,14,16-17H2,2-3H3,(H,27,30)(H,28,29). The Morgan fingerprint density at radius 1 is 1.03 bits per heavy atom. The lowest BCUT2D eigenvalue weighted by Crippen LogP contribution is -2.25. The first-order chi connectivity index (χ1) is 15.5. The number of methoxy groups -OCH3 is 1. The van der Waals surface area contributed by atoms with E-state index in [9.17, 15) is 9.59 Å². The van der Waals surface area contributed by atoms with Crippen LogP contribution in [0.15, 0.2) is 77.4 Å². The summed E-state index contributed by atoms with van der Waals surface area (Å²) >= 11 is 0. The predicted molar refractivity (Wildman–Crippen MR) is 124 cm³/mol. The van der Waals surface area contributed by atoms with Crippen molar-refractivity contribution >= 4 is 11.8 Å². The highest BCUT2D eigenvalue weighted by molar-refractivity contribution is 5.99. The zero-order chi connectivity index (χ0) is 22.9. The van der Waals surface area contributed by atoms with E-state index in [1.165, 1.54) is 6.26 Å². The van der Waals surface area contributed by atoms with Crippen molar-refractivity contribution < 1.29 is 18.7 Å². The average Bonchev–Trinajstić information content (AvgIpc) is 3.28. The van der Waals surface area contributed by atoms with Crippen molar-refractivity contribution in [2.75, 3.05) is 13.7 Å². The molecule has 3 aromatic rings. The van der Waals surface area contributed by atoms with Crippen LogP contribution in [-0.2, 0) is 17.8 Å². The van der Waals surface area contributed by atoms with E-state index in [0.29, 0.717) is 24.4 Å². The smallest absolute Gasteiger partial charge is 0.255 e. The molecular formula is C26H28N2O4. The molecule has 1 aromatic heterocycles. The first kappa shape index (κ1) is 22.9. The van der Waals surface area contributed by atoms with Crippen LogP contribution in [0.4, 0.5) is 0 Å². The van der Waals surface area contributed by atoms with Crippen molar-refractivity contribution in [1.29, 1.82) is 0 Å². The van der Waals surface area contributed by atoms with Gasteiger partial charge in [0.1, 0.15) is 11.5 Å². The fraction of sp³-hybridized carbons (Fsp3) is 0.231. The Morgan fingerprint density at radius 2 is 1.78 bits per heavy atom. The Labute approximate surface area is 188 Å². The molecule has 0 saturated heterocycles. The lowest BCUT2D eigenvalue weighted by Gasteiger charge is -2.11. The summed E-state index contributed by atoms with van der Waals surface area (Å²) in [5.74, 6) is 0.939. The van der Waals surface area contributed by atoms with Gasteiger partial charge in [0.2, 0.25) is 5.91 Å². The van der Waals surface area contributed by atoms with Gasteiger partial charge in [-0.2, -0.15) is 0 Å². The zero-order valence-electron chi connectivity index (χ0n) is 18.4. The minimum absolute atomic E-state index is 0.0952. The number of furan rings is 1. The van der Waals surface area contributed by atoms with Crippen LogP contribution >= 0.6 is 0 Å². The van der Waals surface area contributed by atoms with Crippen LogP contribution in [0.3, 0.4) is 0 Å². The van der Waals surface area contributed by atoms with E-state index in [1.807, 2.05) is 55.5 Å². The van der Waals surface area contributed by atoms with Crippen LogP contribution < -0.4 is 15.4 Å². The minimum Gasteiger partial charge on any atom is -0.497 e. The number of carbonyl (C=O) groups excluding carboxylic acids is 2. The summed E-state index contributed by atoms with van der Waals surface area (Å²) < 4.78 is 10.8. The lowest BCUT2D eigenvalue weighted by molar-refractivity contribution is -0.120. The molecule has 2 N–H and O–H groups in total. The largest absolute Gasteiger partial charge is 0.497 e. The minimum atomic E-state index is -0.201. The van der Waals surface area contributed by atoms with Gasteiger partial charge in [-0.05, 0) is 42.7 Å². The van der Waals surface area contributed by atoms with Gasteiger partial charge in [-0.3, -0.25) is 9.59 Å². The molecule has 0 radical (unpaired) electrons. The number of nitrogens with one attached hydrogen (secondary N) is 2. The van der Waals surface area contributed by atoms with E-state index in [-0.39, 0.29) is 18.2 Å². The Morgan fingerprint density at radius 3 is 2.50 bits per heavy atom. The van der Waals surface area contributed by atoms with Crippen LogP contribution in [0.2, 0.25) is 0 Å². The summed E-state index contributed by atoms with van der Waals surface area (Å²) in [5.41, 5.74) is 4.00.